The molecule has 6 heterocycles. The number of hydrogen-bond acceptors (Lipinski definition) is 9. The minimum atomic E-state index is 0.207. The van der Waals surface area contributed by atoms with Crippen molar-refractivity contribution in [3.05, 3.63) is 100 Å². The number of anilines is 1. The van der Waals surface area contributed by atoms with Crippen LogP contribution in [-0.2, 0) is 15.9 Å². The van der Waals surface area contributed by atoms with Crippen molar-refractivity contribution in [1.82, 2.24) is 19.9 Å². The molecule has 2 aliphatic heterocycles. The molecular formula is C39H45Cl2N5O4. The Hall–Kier alpha value is -3.50. The molecule has 0 unspecified atom stereocenters. The molecule has 0 spiro atoms. The molecule has 4 aromatic rings. The Kier molecular flexibility index (Phi) is 12.0. The van der Waals surface area contributed by atoms with E-state index in [1.807, 2.05) is 48.8 Å². The smallest absolute Gasteiger partial charge is 0.217 e. The van der Waals surface area contributed by atoms with Gasteiger partial charge in [-0.3, -0.25) is 4.98 Å². The van der Waals surface area contributed by atoms with Gasteiger partial charge < -0.3 is 24.3 Å². The van der Waals surface area contributed by atoms with E-state index in [0.717, 1.165) is 107 Å². The van der Waals surface area contributed by atoms with Crippen LogP contribution >= 0.6 is 23.2 Å². The minimum absolute atomic E-state index is 0.207. The van der Waals surface area contributed by atoms with Crippen molar-refractivity contribution in [3.63, 3.8) is 0 Å². The number of nitrogens with zero attached hydrogens (tertiary/aromatic N) is 4. The zero-order chi connectivity index (χ0) is 34.1. The van der Waals surface area contributed by atoms with Crippen LogP contribution in [0.25, 0.3) is 0 Å². The highest BCUT2D eigenvalue weighted by Crippen LogP contribution is 2.38. The summed E-state index contributed by atoms with van der Waals surface area (Å²) in [6.07, 6.45) is 16.7. The van der Waals surface area contributed by atoms with Crippen molar-refractivity contribution in [2.24, 2.45) is 5.92 Å². The molecular weight excluding hydrogens is 673 g/mol. The summed E-state index contributed by atoms with van der Waals surface area (Å²) in [6, 6.07) is 16.4. The van der Waals surface area contributed by atoms with Gasteiger partial charge in [-0.25, -0.2) is 15.0 Å². The van der Waals surface area contributed by atoms with Crippen LogP contribution in [0.1, 0.15) is 80.0 Å². The van der Waals surface area contributed by atoms with Gasteiger partial charge in [0.25, 0.3) is 0 Å². The summed E-state index contributed by atoms with van der Waals surface area (Å²) in [6.45, 7) is 3.31. The third kappa shape index (κ3) is 9.43. The highest BCUT2D eigenvalue weighted by molar-refractivity contribution is 6.30. The fraction of sp³-hybridized carbons (Fsp3) is 0.487. The summed E-state index contributed by atoms with van der Waals surface area (Å²) in [7, 11) is 0. The lowest BCUT2D eigenvalue weighted by Gasteiger charge is -2.36. The Morgan fingerprint density at radius 1 is 0.640 bits per heavy atom. The lowest BCUT2D eigenvalue weighted by molar-refractivity contribution is 0.0561. The molecule has 0 radical (unpaired) electrons. The van der Waals surface area contributed by atoms with Crippen LogP contribution in [0.15, 0.2) is 73.3 Å². The molecule has 2 aliphatic carbocycles. The summed E-state index contributed by atoms with van der Waals surface area (Å²) >= 11 is 11.8. The summed E-state index contributed by atoms with van der Waals surface area (Å²) < 4.78 is 23.4. The molecule has 2 saturated carbocycles. The molecule has 0 bridgehead atoms. The van der Waals surface area contributed by atoms with E-state index in [1.165, 1.54) is 11.1 Å². The predicted molar refractivity (Wildman–Crippen MR) is 194 cm³/mol. The normalized spacial score (nSPS) is 23.8. The zero-order valence-corrected chi connectivity index (χ0v) is 29.8. The Labute approximate surface area is 304 Å². The van der Waals surface area contributed by atoms with E-state index in [4.69, 9.17) is 42.1 Å². The van der Waals surface area contributed by atoms with E-state index in [-0.39, 0.29) is 12.2 Å². The molecule has 50 heavy (non-hydrogen) atoms. The first-order valence-corrected chi connectivity index (χ1v) is 18.7. The van der Waals surface area contributed by atoms with Crippen molar-refractivity contribution >= 4 is 29.0 Å². The molecule has 0 amide bonds. The quantitative estimate of drug-likeness (QED) is 0.173. The second kappa shape index (κ2) is 17.1. The average molecular weight is 719 g/mol. The van der Waals surface area contributed by atoms with Crippen LogP contribution in [0.4, 0.5) is 5.82 Å². The molecule has 0 aromatic carbocycles. The lowest BCUT2D eigenvalue weighted by atomic mass is 9.79. The Bertz CT molecular complexity index is 1520. The average Bonchev–Trinajstić information content (AvgIpc) is 3.13. The second-order valence-corrected chi connectivity index (χ2v) is 14.6. The first-order valence-electron chi connectivity index (χ1n) is 17.9. The van der Waals surface area contributed by atoms with Crippen molar-refractivity contribution in [2.45, 2.75) is 87.9 Å². The summed E-state index contributed by atoms with van der Waals surface area (Å²) in [5.74, 6) is 4.10. The van der Waals surface area contributed by atoms with Gasteiger partial charge in [0.15, 0.2) is 0 Å². The molecule has 9 nitrogen and oxygen atoms in total. The molecule has 4 aromatic heterocycles. The maximum Gasteiger partial charge on any atom is 0.217 e. The van der Waals surface area contributed by atoms with E-state index in [1.54, 1.807) is 12.4 Å². The highest BCUT2D eigenvalue weighted by atomic mass is 35.5. The molecule has 4 aliphatic rings. The van der Waals surface area contributed by atoms with Gasteiger partial charge in [-0.15, -0.1) is 0 Å². The van der Waals surface area contributed by atoms with Crippen LogP contribution in [0.2, 0.25) is 10.0 Å². The van der Waals surface area contributed by atoms with Crippen molar-refractivity contribution < 1.29 is 18.9 Å². The van der Waals surface area contributed by atoms with E-state index in [0.29, 0.717) is 33.8 Å². The fourth-order valence-corrected chi connectivity index (χ4v) is 7.39. The second-order valence-electron chi connectivity index (χ2n) is 13.7. The first kappa shape index (κ1) is 34.9. The highest BCUT2D eigenvalue weighted by Gasteiger charge is 2.34. The maximum atomic E-state index is 6.23. The van der Waals surface area contributed by atoms with E-state index in [9.17, 15) is 0 Å². The Morgan fingerprint density at radius 3 is 1.70 bits per heavy atom. The number of nitrogens with one attached hydrogen (secondary N) is 1. The van der Waals surface area contributed by atoms with Crippen LogP contribution in [0.5, 0.6) is 11.8 Å². The summed E-state index contributed by atoms with van der Waals surface area (Å²) in [4.78, 5) is 17.7. The topological polar surface area (TPSA) is 101 Å². The SMILES string of the molecule is Clc1ccc(CC2CC(Oc3ncccc3C3CCOCC3)C2)nc1.Clc1ccc(NC2CC(Oc3ncccc3C3CCOCC3)C2)nc1. The van der Waals surface area contributed by atoms with E-state index >= 15 is 0 Å². The number of halogens is 2. The van der Waals surface area contributed by atoms with Crippen LogP contribution < -0.4 is 14.8 Å². The van der Waals surface area contributed by atoms with Crippen LogP contribution in [-0.4, -0.2) is 64.6 Å². The summed E-state index contributed by atoms with van der Waals surface area (Å²) in [5, 5.41) is 4.75. The Morgan fingerprint density at radius 2 is 1.18 bits per heavy atom. The number of aromatic nitrogens is 4. The number of hydrogen-bond donors (Lipinski definition) is 1. The standard InChI is InChI=1S/C20H23ClN2O2.C19H22ClN3O2/c21-16-3-4-17(23-13-16)10-14-11-18(12-14)25-20-19(2-1-7-22-20)15-5-8-24-9-6-15;20-14-3-4-18(22-12-14)23-15-10-16(11-15)25-19-17(2-1-7-21-19)13-5-8-24-9-6-13/h1-4,7,13-15,18H,5-6,8-12H2;1-4,7,12-13,15-16H,5-6,8-11H2,(H,22,23). The third-order valence-electron chi connectivity index (χ3n) is 10.1. The van der Waals surface area contributed by atoms with E-state index < -0.39 is 0 Å². The van der Waals surface area contributed by atoms with Gasteiger partial charge in [0.05, 0.1) is 10.0 Å². The van der Waals surface area contributed by atoms with Gasteiger partial charge in [0.2, 0.25) is 11.8 Å². The predicted octanol–water partition coefficient (Wildman–Crippen LogP) is 8.47. The Balaban J connectivity index is 0.000000157. The maximum absolute atomic E-state index is 6.23. The largest absolute Gasteiger partial charge is 0.474 e. The fourth-order valence-electron chi connectivity index (χ4n) is 7.17. The van der Waals surface area contributed by atoms with Crippen LogP contribution in [0, 0.1) is 5.92 Å². The number of ether oxygens (including phenoxy) is 4. The third-order valence-corrected chi connectivity index (χ3v) is 10.6. The lowest BCUT2D eigenvalue weighted by Crippen LogP contribution is -2.43. The molecule has 8 rings (SSSR count). The van der Waals surface area contributed by atoms with Gasteiger partial charge in [-0.1, -0.05) is 35.3 Å². The first-order chi connectivity index (χ1) is 24.6. The molecule has 1 N–H and O–H groups in total. The number of pyridine rings is 4. The monoisotopic (exact) mass is 717 g/mol. The van der Waals surface area contributed by atoms with Gasteiger partial charge in [-0.05, 0) is 99.1 Å². The molecule has 0 atom stereocenters. The van der Waals surface area contributed by atoms with Crippen molar-refractivity contribution in [2.75, 3.05) is 31.7 Å². The summed E-state index contributed by atoms with van der Waals surface area (Å²) in [5.41, 5.74) is 3.57. The molecule has 4 fully saturated rings. The number of rotatable bonds is 10. The van der Waals surface area contributed by atoms with Crippen LogP contribution in [0.3, 0.4) is 0 Å². The van der Waals surface area contributed by atoms with E-state index in [2.05, 4.69) is 37.4 Å². The molecule has 264 valence electrons. The van der Waals surface area contributed by atoms with Crippen molar-refractivity contribution in [3.8, 4) is 11.8 Å². The minimum Gasteiger partial charge on any atom is -0.474 e. The van der Waals surface area contributed by atoms with Gasteiger partial charge in [0, 0.05) is 86.9 Å². The van der Waals surface area contributed by atoms with Gasteiger partial charge in [-0.2, -0.15) is 0 Å². The van der Waals surface area contributed by atoms with Gasteiger partial charge in [0.1, 0.15) is 18.0 Å². The zero-order valence-electron chi connectivity index (χ0n) is 28.3. The van der Waals surface area contributed by atoms with Gasteiger partial charge >= 0.3 is 0 Å². The van der Waals surface area contributed by atoms with Crippen molar-refractivity contribution in [1.29, 1.82) is 0 Å². The molecule has 2 saturated heterocycles. The molecule has 11 heteroatoms.